The van der Waals surface area contributed by atoms with Crippen LogP contribution in [0.5, 0.6) is 0 Å². The Morgan fingerprint density at radius 1 is 0.815 bits per heavy atom. The molecule has 0 radical (unpaired) electrons. The highest BCUT2D eigenvalue weighted by molar-refractivity contribution is 5.66. The summed E-state index contributed by atoms with van der Waals surface area (Å²) in [5, 5.41) is 0. The molecule has 4 rings (SSSR count). The summed E-state index contributed by atoms with van der Waals surface area (Å²) >= 11 is 0. The van der Waals surface area contributed by atoms with Gasteiger partial charge >= 0.3 is 0 Å². The van der Waals surface area contributed by atoms with Crippen LogP contribution in [0.4, 0.5) is 8.78 Å². The van der Waals surface area contributed by atoms with Crippen LogP contribution in [0.15, 0.2) is 54.6 Å². The third-order valence-electron chi connectivity index (χ3n) is 5.84. The standard InChI is InChI=1S/C23H26F2N2/c24-21-7-1-18(2-8-21)17-26-13-15-27(16-14-26)23-11-5-20(6-12-23)19-3-9-22(25)10-4-19/h1-5,7-10,23H,6,11-17H2. The number of halogens is 2. The molecule has 0 aromatic heterocycles. The monoisotopic (exact) mass is 368 g/mol. The number of hydrogen-bond donors (Lipinski definition) is 0. The van der Waals surface area contributed by atoms with Crippen molar-refractivity contribution in [1.29, 1.82) is 0 Å². The Hall–Kier alpha value is -2.04. The molecule has 0 bridgehead atoms. The zero-order valence-electron chi connectivity index (χ0n) is 15.6. The SMILES string of the molecule is Fc1ccc(CN2CCN(C3CC=C(c4ccc(F)cc4)CC3)CC2)cc1. The number of hydrogen-bond acceptors (Lipinski definition) is 2. The topological polar surface area (TPSA) is 6.48 Å². The largest absolute Gasteiger partial charge is 0.298 e. The van der Waals surface area contributed by atoms with Crippen LogP contribution in [0.2, 0.25) is 0 Å². The quantitative estimate of drug-likeness (QED) is 0.771. The van der Waals surface area contributed by atoms with E-state index in [0.717, 1.165) is 51.1 Å². The van der Waals surface area contributed by atoms with E-state index in [0.29, 0.717) is 6.04 Å². The molecule has 0 amide bonds. The molecular weight excluding hydrogens is 342 g/mol. The van der Waals surface area contributed by atoms with E-state index in [1.165, 1.54) is 17.6 Å². The predicted octanol–water partition coefficient (Wildman–Crippen LogP) is 4.72. The van der Waals surface area contributed by atoms with Gasteiger partial charge in [0.05, 0.1) is 0 Å². The van der Waals surface area contributed by atoms with Gasteiger partial charge in [-0.1, -0.05) is 30.3 Å². The van der Waals surface area contributed by atoms with Crippen LogP contribution in [0.25, 0.3) is 5.57 Å². The zero-order valence-corrected chi connectivity index (χ0v) is 15.6. The summed E-state index contributed by atoms with van der Waals surface area (Å²) in [5.41, 5.74) is 3.68. The van der Waals surface area contributed by atoms with Crippen molar-refractivity contribution in [3.63, 3.8) is 0 Å². The summed E-state index contributed by atoms with van der Waals surface area (Å²) in [6.07, 6.45) is 5.64. The Labute approximate surface area is 160 Å². The van der Waals surface area contributed by atoms with Crippen LogP contribution in [-0.4, -0.2) is 42.0 Å². The van der Waals surface area contributed by atoms with Crippen LogP contribution in [0, 0.1) is 11.6 Å². The molecule has 1 unspecified atom stereocenters. The lowest BCUT2D eigenvalue weighted by Gasteiger charge is -2.40. The first-order chi connectivity index (χ1) is 13.2. The summed E-state index contributed by atoms with van der Waals surface area (Å²) in [7, 11) is 0. The van der Waals surface area contributed by atoms with Crippen molar-refractivity contribution in [3.05, 3.63) is 77.4 Å². The van der Waals surface area contributed by atoms with Crippen molar-refractivity contribution < 1.29 is 8.78 Å². The number of nitrogens with zero attached hydrogens (tertiary/aromatic N) is 2. The minimum atomic E-state index is -0.174. The lowest BCUT2D eigenvalue weighted by Crippen LogP contribution is -2.50. The van der Waals surface area contributed by atoms with E-state index >= 15 is 0 Å². The third-order valence-corrected chi connectivity index (χ3v) is 5.84. The fraction of sp³-hybridized carbons (Fsp3) is 0.391. The number of piperazine rings is 1. The Bertz CT molecular complexity index is 775. The van der Waals surface area contributed by atoms with Crippen molar-refractivity contribution in [2.45, 2.75) is 31.8 Å². The Morgan fingerprint density at radius 2 is 1.44 bits per heavy atom. The minimum absolute atomic E-state index is 0.172. The van der Waals surface area contributed by atoms with E-state index in [4.69, 9.17) is 0 Å². The molecule has 142 valence electrons. The first-order valence-corrected chi connectivity index (χ1v) is 9.83. The van der Waals surface area contributed by atoms with Crippen molar-refractivity contribution in [2.24, 2.45) is 0 Å². The summed E-state index contributed by atoms with van der Waals surface area (Å²) in [6.45, 7) is 5.19. The molecule has 1 saturated heterocycles. The summed E-state index contributed by atoms with van der Waals surface area (Å²) in [4.78, 5) is 5.06. The first-order valence-electron chi connectivity index (χ1n) is 9.83. The van der Waals surface area contributed by atoms with Gasteiger partial charge < -0.3 is 0 Å². The summed E-state index contributed by atoms with van der Waals surface area (Å²) < 4.78 is 26.1. The zero-order chi connectivity index (χ0) is 18.6. The van der Waals surface area contributed by atoms with Gasteiger partial charge in [0, 0.05) is 38.8 Å². The fourth-order valence-corrected chi connectivity index (χ4v) is 4.21. The van der Waals surface area contributed by atoms with Crippen LogP contribution in [-0.2, 0) is 6.54 Å². The second-order valence-electron chi connectivity index (χ2n) is 7.60. The van der Waals surface area contributed by atoms with Crippen molar-refractivity contribution in [3.8, 4) is 0 Å². The maximum absolute atomic E-state index is 13.1. The highest BCUT2D eigenvalue weighted by Gasteiger charge is 2.25. The number of rotatable bonds is 4. The van der Waals surface area contributed by atoms with Crippen molar-refractivity contribution >= 4 is 5.57 Å². The molecule has 0 spiro atoms. The molecule has 2 aromatic carbocycles. The molecule has 0 N–H and O–H groups in total. The van der Waals surface area contributed by atoms with Gasteiger partial charge in [0.25, 0.3) is 0 Å². The van der Waals surface area contributed by atoms with Gasteiger partial charge in [0.15, 0.2) is 0 Å². The average molecular weight is 368 g/mol. The van der Waals surface area contributed by atoms with Crippen molar-refractivity contribution in [2.75, 3.05) is 26.2 Å². The van der Waals surface area contributed by atoms with E-state index in [9.17, 15) is 8.78 Å². The third kappa shape index (κ3) is 4.63. The summed E-state index contributed by atoms with van der Waals surface area (Å²) in [5.74, 6) is -0.347. The van der Waals surface area contributed by atoms with Gasteiger partial charge in [0.2, 0.25) is 0 Å². The normalized spacial score (nSPS) is 21.9. The predicted molar refractivity (Wildman–Crippen MR) is 105 cm³/mol. The highest BCUT2D eigenvalue weighted by atomic mass is 19.1. The average Bonchev–Trinajstić information content (AvgIpc) is 2.71. The molecule has 2 aliphatic rings. The van der Waals surface area contributed by atoms with Gasteiger partial charge in [-0.2, -0.15) is 0 Å². The molecule has 1 aliphatic carbocycles. The second kappa shape index (κ2) is 8.32. The number of benzene rings is 2. The van der Waals surface area contributed by atoms with Crippen LogP contribution in [0.3, 0.4) is 0 Å². The van der Waals surface area contributed by atoms with E-state index in [2.05, 4.69) is 15.9 Å². The smallest absolute Gasteiger partial charge is 0.123 e. The molecule has 27 heavy (non-hydrogen) atoms. The van der Waals surface area contributed by atoms with Crippen LogP contribution in [0.1, 0.15) is 30.4 Å². The summed E-state index contributed by atoms with van der Waals surface area (Å²) in [6, 6.07) is 14.3. The fourth-order valence-electron chi connectivity index (χ4n) is 4.21. The van der Waals surface area contributed by atoms with Crippen molar-refractivity contribution in [1.82, 2.24) is 9.80 Å². The van der Waals surface area contributed by atoms with Gasteiger partial charge in [0.1, 0.15) is 11.6 Å². The van der Waals surface area contributed by atoms with Crippen LogP contribution >= 0.6 is 0 Å². The molecule has 1 atom stereocenters. The van der Waals surface area contributed by atoms with Gasteiger partial charge in [-0.25, -0.2) is 8.78 Å². The van der Waals surface area contributed by atoms with Gasteiger partial charge in [-0.05, 0) is 60.2 Å². The minimum Gasteiger partial charge on any atom is -0.298 e. The Morgan fingerprint density at radius 3 is 2.04 bits per heavy atom. The lowest BCUT2D eigenvalue weighted by molar-refractivity contribution is 0.0881. The molecule has 2 nitrogen and oxygen atoms in total. The Balaban J connectivity index is 1.28. The van der Waals surface area contributed by atoms with Gasteiger partial charge in [-0.3, -0.25) is 9.80 Å². The lowest BCUT2D eigenvalue weighted by atomic mass is 9.89. The molecule has 4 heteroatoms. The number of allylic oxidation sites excluding steroid dienone is 1. The van der Waals surface area contributed by atoms with E-state index in [-0.39, 0.29) is 11.6 Å². The molecule has 0 saturated carbocycles. The maximum atomic E-state index is 13.1. The molecule has 2 aromatic rings. The molecule has 1 aliphatic heterocycles. The maximum Gasteiger partial charge on any atom is 0.123 e. The van der Waals surface area contributed by atoms with Crippen LogP contribution < -0.4 is 0 Å². The van der Waals surface area contributed by atoms with E-state index < -0.39 is 0 Å². The molecular formula is C23H26F2N2. The Kier molecular flexibility index (Phi) is 5.65. The molecule has 1 fully saturated rings. The van der Waals surface area contributed by atoms with Gasteiger partial charge in [-0.15, -0.1) is 0 Å². The van der Waals surface area contributed by atoms with E-state index in [1.807, 2.05) is 24.3 Å². The van der Waals surface area contributed by atoms with E-state index in [1.54, 1.807) is 24.3 Å². The highest BCUT2D eigenvalue weighted by Crippen LogP contribution is 2.30. The molecule has 1 heterocycles. The first kappa shape index (κ1) is 18.3. The second-order valence-corrected chi connectivity index (χ2v) is 7.60.